The van der Waals surface area contributed by atoms with E-state index >= 15 is 0 Å². The molecule has 0 saturated carbocycles. The molecule has 2 rings (SSSR count). The second-order valence-corrected chi connectivity index (χ2v) is 7.28. The van der Waals surface area contributed by atoms with Gasteiger partial charge in [0, 0.05) is 11.6 Å². The number of hydrogen-bond acceptors (Lipinski definition) is 4. The van der Waals surface area contributed by atoms with Gasteiger partial charge in [-0.3, -0.25) is 9.78 Å². The van der Waals surface area contributed by atoms with Crippen LogP contribution in [0.2, 0.25) is 0 Å². The van der Waals surface area contributed by atoms with Crippen LogP contribution in [-0.2, 0) is 5.41 Å². The van der Waals surface area contributed by atoms with E-state index in [0.717, 1.165) is 11.4 Å². The molecule has 0 radical (unpaired) electrons. The lowest BCUT2D eigenvalue weighted by molar-refractivity contribution is 0.0864. The molecule has 23 heavy (non-hydrogen) atoms. The van der Waals surface area contributed by atoms with Gasteiger partial charge in [-0.1, -0.05) is 20.8 Å². The minimum absolute atomic E-state index is 0.145. The zero-order valence-corrected chi connectivity index (χ0v) is 14.3. The van der Waals surface area contributed by atoms with Crippen molar-refractivity contribution in [2.75, 3.05) is 6.61 Å². The number of nitrogens with zero attached hydrogens (tertiary/aromatic N) is 3. The molecule has 1 amide bonds. The number of pyridine rings is 1. The van der Waals surface area contributed by atoms with Crippen molar-refractivity contribution < 1.29 is 9.90 Å². The molecule has 0 atom stereocenters. The third-order valence-electron chi connectivity index (χ3n) is 3.45. The molecule has 0 saturated heterocycles. The zero-order valence-electron chi connectivity index (χ0n) is 14.3. The molecule has 0 unspecified atom stereocenters. The van der Waals surface area contributed by atoms with Crippen LogP contribution in [-0.4, -0.2) is 37.9 Å². The van der Waals surface area contributed by atoms with Gasteiger partial charge in [-0.15, -0.1) is 0 Å². The van der Waals surface area contributed by atoms with Gasteiger partial charge < -0.3 is 10.4 Å². The summed E-state index contributed by atoms with van der Waals surface area (Å²) in [5.74, 6) is -0.308. The monoisotopic (exact) mass is 316 g/mol. The zero-order chi connectivity index (χ0) is 17.3. The summed E-state index contributed by atoms with van der Waals surface area (Å²) in [4.78, 5) is 16.5. The number of hydrogen-bond donors (Lipinski definition) is 2. The quantitative estimate of drug-likeness (QED) is 0.905. The van der Waals surface area contributed by atoms with E-state index in [1.54, 1.807) is 37.0 Å². The molecule has 0 fully saturated rings. The van der Waals surface area contributed by atoms with E-state index in [-0.39, 0.29) is 17.9 Å². The first kappa shape index (κ1) is 17.1. The second kappa shape index (κ2) is 6.12. The Kier molecular flexibility index (Phi) is 4.56. The summed E-state index contributed by atoms with van der Waals surface area (Å²) in [6, 6.07) is 5.52. The molecule has 0 aliphatic rings. The summed E-state index contributed by atoms with van der Waals surface area (Å²) in [5, 5.41) is 16.5. The third kappa shape index (κ3) is 3.96. The lowest BCUT2D eigenvalue weighted by Crippen LogP contribution is -2.46. The predicted octanol–water partition coefficient (Wildman–Crippen LogP) is 2.07. The molecule has 124 valence electrons. The van der Waals surface area contributed by atoms with Crippen LogP contribution in [0.4, 0.5) is 0 Å². The molecule has 2 aromatic rings. The summed E-state index contributed by atoms with van der Waals surface area (Å²) < 4.78 is 1.74. The number of carbonyl (C=O) groups excluding carboxylic acids is 1. The van der Waals surface area contributed by atoms with E-state index in [9.17, 15) is 9.90 Å². The number of nitrogens with one attached hydrogen (secondary N) is 1. The summed E-state index contributed by atoms with van der Waals surface area (Å²) in [6.07, 6.45) is 3.41. The van der Waals surface area contributed by atoms with E-state index in [1.807, 2.05) is 12.1 Å². The van der Waals surface area contributed by atoms with Gasteiger partial charge in [-0.2, -0.15) is 5.10 Å². The van der Waals surface area contributed by atoms with Crippen molar-refractivity contribution in [3.05, 3.63) is 42.0 Å². The van der Waals surface area contributed by atoms with Crippen LogP contribution in [0.3, 0.4) is 0 Å². The smallest absolute Gasteiger partial charge is 0.272 e. The largest absolute Gasteiger partial charge is 0.394 e. The van der Waals surface area contributed by atoms with Gasteiger partial charge >= 0.3 is 0 Å². The molecule has 2 heterocycles. The van der Waals surface area contributed by atoms with Crippen molar-refractivity contribution >= 4 is 5.91 Å². The van der Waals surface area contributed by atoms with E-state index in [1.165, 1.54) is 0 Å². The average molecular weight is 316 g/mol. The third-order valence-corrected chi connectivity index (χ3v) is 3.45. The maximum absolute atomic E-state index is 12.4. The molecular formula is C17H24N4O2. The Hall–Kier alpha value is -2.21. The summed E-state index contributed by atoms with van der Waals surface area (Å²) in [5.41, 5.74) is 1.15. The highest BCUT2D eigenvalue weighted by Gasteiger charge is 2.26. The normalized spacial score (nSPS) is 12.3. The molecule has 2 aromatic heterocycles. The minimum Gasteiger partial charge on any atom is -0.394 e. The average Bonchev–Trinajstić information content (AvgIpc) is 2.93. The highest BCUT2D eigenvalue weighted by molar-refractivity contribution is 5.93. The van der Waals surface area contributed by atoms with Crippen LogP contribution in [0.25, 0.3) is 5.69 Å². The fraction of sp³-hybridized carbons (Fsp3) is 0.471. The van der Waals surface area contributed by atoms with E-state index in [4.69, 9.17) is 0 Å². The highest BCUT2D eigenvalue weighted by Crippen LogP contribution is 2.25. The van der Waals surface area contributed by atoms with Crippen molar-refractivity contribution in [2.24, 2.45) is 0 Å². The summed E-state index contributed by atoms with van der Waals surface area (Å²) in [7, 11) is 0. The Labute approximate surface area is 136 Å². The number of rotatable bonds is 4. The van der Waals surface area contributed by atoms with Gasteiger partial charge in [0.15, 0.2) is 5.69 Å². The van der Waals surface area contributed by atoms with Crippen LogP contribution >= 0.6 is 0 Å². The Bertz CT molecular complexity index is 684. The van der Waals surface area contributed by atoms with Crippen molar-refractivity contribution in [1.82, 2.24) is 20.1 Å². The number of amides is 1. The molecule has 0 bridgehead atoms. The van der Waals surface area contributed by atoms with Crippen LogP contribution < -0.4 is 5.32 Å². The van der Waals surface area contributed by atoms with Gasteiger partial charge in [0.1, 0.15) is 0 Å². The first-order valence-corrected chi connectivity index (χ1v) is 7.58. The maximum atomic E-state index is 12.4. The Balaban J connectivity index is 2.45. The van der Waals surface area contributed by atoms with E-state index in [2.05, 4.69) is 36.2 Å². The topological polar surface area (TPSA) is 80.0 Å². The highest BCUT2D eigenvalue weighted by atomic mass is 16.3. The van der Waals surface area contributed by atoms with Crippen molar-refractivity contribution in [3.63, 3.8) is 0 Å². The van der Waals surface area contributed by atoms with Gasteiger partial charge in [0.25, 0.3) is 5.91 Å². The number of aliphatic hydroxyl groups is 1. The first-order chi connectivity index (χ1) is 10.6. The number of carbonyl (C=O) groups is 1. The summed E-state index contributed by atoms with van der Waals surface area (Å²) in [6.45, 7) is 9.57. The first-order valence-electron chi connectivity index (χ1n) is 7.58. The maximum Gasteiger partial charge on any atom is 0.272 e. The van der Waals surface area contributed by atoms with Gasteiger partial charge in [-0.05, 0) is 32.0 Å². The molecule has 0 spiro atoms. The van der Waals surface area contributed by atoms with Gasteiger partial charge in [0.2, 0.25) is 0 Å². The fourth-order valence-electron chi connectivity index (χ4n) is 2.11. The minimum atomic E-state index is -0.697. The second-order valence-electron chi connectivity index (χ2n) is 7.28. The van der Waals surface area contributed by atoms with Crippen LogP contribution in [0.15, 0.2) is 30.6 Å². The standard InChI is InChI=1S/C17H24N4O2/c1-16(2,3)14-9-13(15(23)19-17(4,5)11-22)20-21(14)12-7-6-8-18-10-12/h6-10,22H,11H2,1-5H3,(H,19,23). The van der Waals surface area contributed by atoms with Crippen molar-refractivity contribution in [2.45, 2.75) is 45.6 Å². The lowest BCUT2D eigenvalue weighted by Gasteiger charge is -2.22. The molecule has 6 nitrogen and oxygen atoms in total. The Morgan fingerprint density at radius 2 is 2.00 bits per heavy atom. The van der Waals surface area contributed by atoms with E-state index in [0.29, 0.717) is 5.69 Å². The SMILES string of the molecule is CC(C)(CO)NC(=O)c1cc(C(C)(C)C)n(-c2cccnc2)n1. The number of aromatic nitrogens is 3. The van der Waals surface area contributed by atoms with Crippen LogP contribution in [0.5, 0.6) is 0 Å². The molecule has 0 aliphatic carbocycles. The fourth-order valence-corrected chi connectivity index (χ4v) is 2.11. The lowest BCUT2D eigenvalue weighted by atomic mass is 9.91. The molecular weight excluding hydrogens is 292 g/mol. The Morgan fingerprint density at radius 1 is 1.30 bits per heavy atom. The Morgan fingerprint density at radius 3 is 2.52 bits per heavy atom. The molecule has 2 N–H and O–H groups in total. The molecule has 0 aliphatic heterocycles. The predicted molar refractivity (Wildman–Crippen MR) is 88.7 cm³/mol. The molecule has 0 aromatic carbocycles. The van der Waals surface area contributed by atoms with E-state index < -0.39 is 5.54 Å². The molecule has 6 heteroatoms. The van der Waals surface area contributed by atoms with Crippen molar-refractivity contribution in [1.29, 1.82) is 0 Å². The van der Waals surface area contributed by atoms with Crippen LogP contribution in [0, 0.1) is 0 Å². The van der Waals surface area contributed by atoms with Crippen LogP contribution in [0.1, 0.15) is 50.8 Å². The number of aliphatic hydroxyl groups excluding tert-OH is 1. The summed E-state index contributed by atoms with van der Waals surface area (Å²) >= 11 is 0. The van der Waals surface area contributed by atoms with Crippen molar-refractivity contribution in [3.8, 4) is 5.69 Å². The van der Waals surface area contributed by atoms with Gasteiger partial charge in [-0.25, -0.2) is 4.68 Å². The van der Waals surface area contributed by atoms with Gasteiger partial charge in [0.05, 0.1) is 29.7 Å².